The molecule has 0 aliphatic heterocycles. The fourth-order valence-electron chi connectivity index (χ4n) is 2.21. The molecule has 1 N–H and O–H groups in total. The molecule has 1 aromatic rings. The molecule has 0 radical (unpaired) electrons. The van der Waals surface area contributed by atoms with Crippen LogP contribution in [0.5, 0.6) is 0 Å². The summed E-state index contributed by atoms with van der Waals surface area (Å²) in [5.74, 6) is -2.13. The van der Waals surface area contributed by atoms with Crippen LogP contribution >= 0.6 is 0 Å². The lowest BCUT2D eigenvalue weighted by molar-refractivity contribution is -0.142. The number of sulfonamides is 1. The maximum absolute atomic E-state index is 12.4. The third-order valence-electron chi connectivity index (χ3n) is 3.49. The molecular weight excluding hydrogens is 360 g/mol. The van der Waals surface area contributed by atoms with Gasteiger partial charge in [0.15, 0.2) is 5.25 Å². The number of nitrogens with one attached hydrogen (secondary N) is 1. The summed E-state index contributed by atoms with van der Waals surface area (Å²) in [5.41, 5.74) is 0.246. The first kappa shape index (κ1) is 21.6. The van der Waals surface area contributed by atoms with Gasteiger partial charge in [-0.3, -0.25) is 14.4 Å². The van der Waals surface area contributed by atoms with Crippen LogP contribution in [0.3, 0.4) is 0 Å². The Balaban J connectivity index is 3.05. The molecule has 0 bridgehead atoms. The molecule has 0 aliphatic carbocycles. The Kier molecular flexibility index (Phi) is 7.76. The fraction of sp³-hybridized carbons (Fsp3) is 0.471. The monoisotopic (exact) mass is 384 g/mol. The molecule has 26 heavy (non-hydrogen) atoms. The van der Waals surface area contributed by atoms with Crippen molar-refractivity contribution >= 4 is 27.8 Å². The maximum Gasteiger partial charge on any atom is 0.326 e. The second-order valence-corrected chi connectivity index (χ2v) is 7.65. The molecule has 144 valence electrons. The Labute approximate surface area is 153 Å². The average Bonchev–Trinajstić information content (AvgIpc) is 2.58. The van der Waals surface area contributed by atoms with E-state index in [1.807, 2.05) is 4.72 Å². The minimum atomic E-state index is -4.27. The molecule has 0 saturated carbocycles. The van der Waals surface area contributed by atoms with Gasteiger partial charge in [-0.2, -0.15) is 0 Å². The quantitative estimate of drug-likeness (QED) is 0.674. The second kappa shape index (κ2) is 9.33. The van der Waals surface area contributed by atoms with Crippen molar-refractivity contribution in [2.24, 2.45) is 0 Å². The zero-order valence-electron chi connectivity index (χ0n) is 15.3. The summed E-state index contributed by atoms with van der Waals surface area (Å²) in [6, 6.07) is 5.68. The third kappa shape index (κ3) is 5.55. The summed E-state index contributed by atoms with van der Waals surface area (Å²) in [6.45, 7) is 3.33. The first-order valence-electron chi connectivity index (χ1n) is 8.18. The van der Waals surface area contributed by atoms with Crippen LogP contribution in [0.1, 0.15) is 47.4 Å². The molecule has 1 aromatic carbocycles. The van der Waals surface area contributed by atoms with Gasteiger partial charge < -0.3 is 9.64 Å². The molecule has 0 saturated heterocycles. The van der Waals surface area contributed by atoms with Crippen molar-refractivity contribution in [3.05, 3.63) is 35.4 Å². The Morgan fingerprint density at radius 3 is 2.31 bits per heavy atom. The van der Waals surface area contributed by atoms with E-state index in [0.29, 0.717) is 6.42 Å². The van der Waals surface area contributed by atoms with Crippen molar-refractivity contribution in [3.8, 4) is 0 Å². The number of amides is 2. The van der Waals surface area contributed by atoms with Crippen LogP contribution in [0.2, 0.25) is 0 Å². The highest BCUT2D eigenvalue weighted by atomic mass is 32.2. The van der Waals surface area contributed by atoms with E-state index in [-0.39, 0.29) is 30.1 Å². The van der Waals surface area contributed by atoms with Gasteiger partial charge in [0, 0.05) is 25.2 Å². The fourth-order valence-corrected chi connectivity index (χ4v) is 3.59. The van der Waals surface area contributed by atoms with Gasteiger partial charge in [-0.1, -0.05) is 19.4 Å². The molecule has 0 fully saturated rings. The highest BCUT2D eigenvalue weighted by molar-refractivity contribution is 7.91. The Hall–Kier alpha value is -2.42. The molecule has 0 spiro atoms. The minimum absolute atomic E-state index is 0.000354. The lowest BCUT2D eigenvalue weighted by Crippen LogP contribution is -2.43. The van der Waals surface area contributed by atoms with E-state index in [2.05, 4.69) is 0 Å². The number of nitrogens with zero attached hydrogens (tertiary/aromatic N) is 1. The number of carbonyl (C=O) groups excluding carboxylic acids is 3. The zero-order chi connectivity index (χ0) is 19.9. The van der Waals surface area contributed by atoms with Gasteiger partial charge >= 0.3 is 5.97 Å². The Morgan fingerprint density at radius 1 is 1.15 bits per heavy atom. The van der Waals surface area contributed by atoms with Crippen LogP contribution < -0.4 is 4.72 Å². The van der Waals surface area contributed by atoms with Crippen molar-refractivity contribution in [3.63, 3.8) is 0 Å². The van der Waals surface area contributed by atoms with Gasteiger partial charge in [-0.15, -0.1) is 0 Å². The van der Waals surface area contributed by atoms with E-state index in [0.717, 1.165) is 0 Å². The number of ether oxygens (including phenoxy) is 1. The van der Waals surface area contributed by atoms with E-state index < -0.39 is 27.1 Å². The molecule has 2 amide bonds. The van der Waals surface area contributed by atoms with Crippen molar-refractivity contribution in [1.82, 2.24) is 9.62 Å². The number of rotatable bonds is 8. The maximum atomic E-state index is 12.4. The molecule has 1 atom stereocenters. The third-order valence-corrected chi connectivity index (χ3v) is 5.13. The van der Waals surface area contributed by atoms with Crippen LogP contribution in [0.25, 0.3) is 0 Å². The predicted octanol–water partition coefficient (Wildman–Crippen LogP) is 1.18. The van der Waals surface area contributed by atoms with E-state index in [1.54, 1.807) is 27.9 Å². The highest BCUT2D eigenvalue weighted by Gasteiger charge is 2.34. The van der Waals surface area contributed by atoms with Crippen LogP contribution in [-0.4, -0.2) is 57.1 Å². The SMILES string of the molecule is CCCC(C(=O)OCC)S(=O)(=O)NC(=O)c1cccc(C(=O)N(C)C)c1. The van der Waals surface area contributed by atoms with Crippen molar-refractivity contribution in [2.45, 2.75) is 31.9 Å². The Morgan fingerprint density at radius 2 is 1.77 bits per heavy atom. The van der Waals surface area contributed by atoms with Gasteiger partial charge in [0.05, 0.1) is 6.61 Å². The normalized spacial score (nSPS) is 12.2. The number of carbonyl (C=O) groups is 3. The standard InChI is InChI=1S/C17H24N2O6S/c1-5-8-14(17(22)25-6-2)26(23,24)18-15(20)12-9-7-10-13(11-12)16(21)19(3)4/h7,9-11,14H,5-6,8H2,1-4H3,(H,18,20). The summed E-state index contributed by atoms with van der Waals surface area (Å²) in [5, 5.41) is -1.47. The van der Waals surface area contributed by atoms with Gasteiger partial charge in [-0.05, 0) is 31.5 Å². The van der Waals surface area contributed by atoms with Gasteiger partial charge in [0.1, 0.15) is 0 Å². The summed E-state index contributed by atoms with van der Waals surface area (Å²) in [7, 11) is -1.14. The molecule has 1 rings (SSSR count). The van der Waals surface area contributed by atoms with Crippen LogP contribution in [-0.2, 0) is 19.6 Å². The summed E-state index contributed by atoms with van der Waals surface area (Å²) >= 11 is 0. The summed E-state index contributed by atoms with van der Waals surface area (Å²) in [6.07, 6.45) is 0.450. The largest absolute Gasteiger partial charge is 0.465 e. The molecular formula is C17H24N2O6S. The molecule has 8 nitrogen and oxygen atoms in total. The second-order valence-electron chi connectivity index (χ2n) is 5.79. The highest BCUT2D eigenvalue weighted by Crippen LogP contribution is 2.12. The van der Waals surface area contributed by atoms with Gasteiger partial charge in [0.2, 0.25) is 10.0 Å². The Bertz CT molecular complexity index is 773. The molecule has 0 aromatic heterocycles. The lowest BCUT2D eigenvalue weighted by atomic mass is 10.1. The van der Waals surface area contributed by atoms with E-state index in [1.165, 1.54) is 29.2 Å². The molecule has 0 aliphatic rings. The first-order chi connectivity index (χ1) is 12.1. The topological polar surface area (TPSA) is 110 Å². The molecule has 1 unspecified atom stereocenters. The first-order valence-corrected chi connectivity index (χ1v) is 9.73. The minimum Gasteiger partial charge on any atom is -0.465 e. The molecule has 9 heteroatoms. The number of esters is 1. The smallest absolute Gasteiger partial charge is 0.326 e. The number of hydrogen-bond acceptors (Lipinski definition) is 6. The van der Waals surface area contributed by atoms with Crippen molar-refractivity contribution in [1.29, 1.82) is 0 Å². The van der Waals surface area contributed by atoms with Crippen LogP contribution in [0.4, 0.5) is 0 Å². The molecule has 0 heterocycles. The van der Waals surface area contributed by atoms with Crippen molar-refractivity contribution in [2.75, 3.05) is 20.7 Å². The van der Waals surface area contributed by atoms with E-state index in [9.17, 15) is 22.8 Å². The van der Waals surface area contributed by atoms with Gasteiger partial charge in [-0.25, -0.2) is 13.1 Å². The number of benzene rings is 1. The van der Waals surface area contributed by atoms with Crippen molar-refractivity contribution < 1.29 is 27.5 Å². The summed E-state index contributed by atoms with van der Waals surface area (Å²) < 4.78 is 31.6. The lowest BCUT2D eigenvalue weighted by Gasteiger charge is -2.16. The predicted molar refractivity (Wildman–Crippen MR) is 96.2 cm³/mol. The zero-order valence-corrected chi connectivity index (χ0v) is 16.1. The number of hydrogen-bond donors (Lipinski definition) is 1. The van der Waals surface area contributed by atoms with Crippen LogP contribution in [0, 0.1) is 0 Å². The van der Waals surface area contributed by atoms with Crippen LogP contribution in [0.15, 0.2) is 24.3 Å². The average molecular weight is 384 g/mol. The van der Waals surface area contributed by atoms with Gasteiger partial charge in [0.25, 0.3) is 11.8 Å². The van der Waals surface area contributed by atoms with E-state index in [4.69, 9.17) is 4.74 Å². The summed E-state index contributed by atoms with van der Waals surface area (Å²) in [4.78, 5) is 37.6. The van der Waals surface area contributed by atoms with E-state index >= 15 is 0 Å².